The van der Waals surface area contributed by atoms with Gasteiger partial charge in [-0.05, 0) is 53.9 Å². The third kappa shape index (κ3) is 4.27. The third-order valence-electron chi connectivity index (χ3n) is 6.50. The number of H-pyrrole nitrogens is 1. The van der Waals surface area contributed by atoms with Crippen molar-refractivity contribution in [1.82, 2.24) is 15.1 Å². The summed E-state index contributed by atoms with van der Waals surface area (Å²) >= 11 is 6.11. The molecule has 1 amide bonds. The van der Waals surface area contributed by atoms with E-state index in [-0.39, 0.29) is 11.9 Å². The Hall–Kier alpha value is -3.97. The number of amides is 1. The van der Waals surface area contributed by atoms with Crippen LogP contribution in [-0.4, -0.2) is 48.9 Å². The van der Waals surface area contributed by atoms with Crippen LogP contribution in [0.25, 0.3) is 11.3 Å². The highest BCUT2D eigenvalue weighted by atomic mass is 35.5. The van der Waals surface area contributed by atoms with E-state index in [4.69, 9.17) is 25.8 Å². The first-order valence-corrected chi connectivity index (χ1v) is 11.9. The normalized spacial score (nSPS) is 14.6. The van der Waals surface area contributed by atoms with Gasteiger partial charge in [-0.25, -0.2) is 0 Å². The van der Waals surface area contributed by atoms with Crippen molar-refractivity contribution in [3.8, 4) is 28.5 Å². The Morgan fingerprint density at radius 3 is 2.31 bits per heavy atom. The number of rotatable bonds is 8. The predicted molar refractivity (Wildman–Crippen MR) is 138 cm³/mol. The summed E-state index contributed by atoms with van der Waals surface area (Å²) in [7, 11) is 4.86. The van der Waals surface area contributed by atoms with E-state index in [2.05, 4.69) is 10.2 Å². The van der Waals surface area contributed by atoms with Crippen LogP contribution in [0.15, 0.2) is 66.7 Å². The van der Waals surface area contributed by atoms with Crippen LogP contribution in [-0.2, 0) is 6.42 Å². The Morgan fingerprint density at radius 2 is 1.64 bits per heavy atom. The van der Waals surface area contributed by atoms with Crippen molar-refractivity contribution in [2.75, 3.05) is 27.9 Å². The summed E-state index contributed by atoms with van der Waals surface area (Å²) in [4.78, 5) is 15.5. The molecule has 1 aliphatic rings. The molecule has 0 spiro atoms. The molecule has 36 heavy (non-hydrogen) atoms. The predicted octanol–water partition coefficient (Wildman–Crippen LogP) is 5.54. The lowest BCUT2D eigenvalue weighted by molar-refractivity contribution is 0.0746. The summed E-state index contributed by atoms with van der Waals surface area (Å²) in [6.07, 6.45) is 0.646. The Bertz CT molecular complexity index is 1380. The Balaban J connectivity index is 1.52. The average molecular weight is 504 g/mol. The molecule has 0 saturated carbocycles. The minimum absolute atomic E-state index is 0.0843. The second kappa shape index (κ2) is 9.95. The Labute approximate surface area is 214 Å². The molecule has 7 nitrogen and oxygen atoms in total. The van der Waals surface area contributed by atoms with Gasteiger partial charge in [0.05, 0.1) is 33.1 Å². The summed E-state index contributed by atoms with van der Waals surface area (Å²) in [6.45, 7) is 0.508. The second-order valence-corrected chi connectivity index (χ2v) is 8.92. The molecule has 1 aromatic heterocycles. The molecule has 184 valence electrons. The van der Waals surface area contributed by atoms with E-state index in [9.17, 15) is 4.79 Å². The number of nitrogens with one attached hydrogen (secondary N) is 1. The molecule has 8 heteroatoms. The van der Waals surface area contributed by atoms with Gasteiger partial charge in [0, 0.05) is 22.7 Å². The number of halogens is 1. The van der Waals surface area contributed by atoms with Crippen LogP contribution in [0.2, 0.25) is 5.02 Å². The van der Waals surface area contributed by atoms with E-state index in [1.807, 2.05) is 71.6 Å². The van der Waals surface area contributed by atoms with Crippen LogP contribution in [0, 0.1) is 0 Å². The molecular formula is C28H26ClN3O4. The molecule has 1 aliphatic heterocycles. The fourth-order valence-electron chi connectivity index (χ4n) is 4.67. The Kier molecular flexibility index (Phi) is 6.57. The number of nitrogens with zero attached hydrogens (tertiary/aromatic N) is 2. The molecule has 4 aromatic rings. The van der Waals surface area contributed by atoms with Gasteiger partial charge in [-0.2, -0.15) is 5.10 Å². The number of aromatic nitrogens is 2. The number of aromatic amines is 1. The van der Waals surface area contributed by atoms with Crippen LogP contribution in [0.1, 0.15) is 33.2 Å². The van der Waals surface area contributed by atoms with Gasteiger partial charge in [-0.1, -0.05) is 41.9 Å². The monoisotopic (exact) mass is 503 g/mol. The van der Waals surface area contributed by atoms with E-state index in [1.54, 1.807) is 21.3 Å². The zero-order valence-corrected chi connectivity index (χ0v) is 21.0. The first kappa shape index (κ1) is 23.8. The van der Waals surface area contributed by atoms with E-state index < -0.39 is 0 Å². The maximum Gasteiger partial charge on any atom is 0.273 e. The highest BCUT2D eigenvalue weighted by Crippen LogP contribution is 2.43. The first-order chi connectivity index (χ1) is 17.5. The van der Waals surface area contributed by atoms with Gasteiger partial charge in [0.2, 0.25) is 0 Å². The van der Waals surface area contributed by atoms with Gasteiger partial charge in [0.1, 0.15) is 11.4 Å². The van der Waals surface area contributed by atoms with Crippen molar-refractivity contribution in [1.29, 1.82) is 0 Å². The van der Waals surface area contributed by atoms with Crippen LogP contribution in [0.4, 0.5) is 0 Å². The number of hydrogen-bond donors (Lipinski definition) is 1. The smallest absolute Gasteiger partial charge is 0.273 e. The van der Waals surface area contributed by atoms with Crippen molar-refractivity contribution in [2.45, 2.75) is 12.5 Å². The number of fused-ring (bicyclic) bond motifs is 1. The van der Waals surface area contributed by atoms with Crippen LogP contribution < -0.4 is 14.2 Å². The standard InChI is InChI=1S/C28H26ClN3O4/c1-34-21-11-7-19(8-12-21)27-24-25(18-5-9-20(29)10-6-18)30-31-26(24)28(33)32(27)15-14-17-4-13-22(35-2)23(16-17)36-3/h4-13,16,27H,14-15H2,1-3H3,(H,30,31). The molecule has 0 aliphatic carbocycles. The zero-order valence-electron chi connectivity index (χ0n) is 20.2. The minimum Gasteiger partial charge on any atom is -0.497 e. The molecule has 0 radical (unpaired) electrons. The quantitative estimate of drug-likeness (QED) is 0.341. The second-order valence-electron chi connectivity index (χ2n) is 8.48. The van der Waals surface area contributed by atoms with Crippen molar-refractivity contribution < 1.29 is 19.0 Å². The summed E-state index contributed by atoms with van der Waals surface area (Å²) < 4.78 is 16.2. The van der Waals surface area contributed by atoms with Gasteiger partial charge >= 0.3 is 0 Å². The lowest BCUT2D eigenvalue weighted by Gasteiger charge is -2.26. The maximum atomic E-state index is 13.6. The average Bonchev–Trinajstić information content (AvgIpc) is 3.46. The van der Waals surface area contributed by atoms with E-state index >= 15 is 0 Å². The van der Waals surface area contributed by atoms with Crippen LogP contribution >= 0.6 is 11.6 Å². The highest BCUT2D eigenvalue weighted by molar-refractivity contribution is 6.30. The highest BCUT2D eigenvalue weighted by Gasteiger charge is 2.41. The molecule has 0 bridgehead atoms. The van der Waals surface area contributed by atoms with Crippen molar-refractivity contribution in [2.24, 2.45) is 0 Å². The number of carbonyl (C=O) groups excluding carboxylic acids is 1. The molecule has 1 N–H and O–H groups in total. The number of benzene rings is 3. The summed E-state index contributed by atoms with van der Waals surface area (Å²) in [5, 5.41) is 8.16. The third-order valence-corrected chi connectivity index (χ3v) is 6.75. The van der Waals surface area contributed by atoms with Gasteiger partial charge in [0.25, 0.3) is 5.91 Å². The van der Waals surface area contributed by atoms with Crippen molar-refractivity contribution in [3.63, 3.8) is 0 Å². The molecule has 1 atom stereocenters. The molecule has 0 saturated heterocycles. The van der Waals surface area contributed by atoms with E-state index in [0.717, 1.165) is 33.7 Å². The fourth-order valence-corrected chi connectivity index (χ4v) is 4.80. The molecule has 0 fully saturated rings. The fraction of sp³-hybridized carbons (Fsp3) is 0.214. The number of ether oxygens (including phenoxy) is 3. The largest absolute Gasteiger partial charge is 0.497 e. The van der Waals surface area contributed by atoms with Crippen molar-refractivity contribution >= 4 is 17.5 Å². The van der Waals surface area contributed by atoms with E-state index in [0.29, 0.717) is 35.2 Å². The number of methoxy groups -OCH3 is 3. The molecule has 2 heterocycles. The topological polar surface area (TPSA) is 76.7 Å². The molecule has 3 aromatic carbocycles. The van der Waals surface area contributed by atoms with E-state index in [1.165, 1.54) is 0 Å². The van der Waals surface area contributed by atoms with Gasteiger partial charge < -0.3 is 19.1 Å². The molecule has 1 unspecified atom stereocenters. The summed E-state index contributed by atoms with van der Waals surface area (Å²) in [5.74, 6) is 2.00. The molecule has 5 rings (SSSR count). The van der Waals surface area contributed by atoms with Gasteiger partial charge in [-0.3, -0.25) is 9.89 Å². The Morgan fingerprint density at radius 1 is 0.917 bits per heavy atom. The first-order valence-electron chi connectivity index (χ1n) is 11.5. The van der Waals surface area contributed by atoms with Crippen molar-refractivity contribution in [3.05, 3.63) is 94.1 Å². The van der Waals surface area contributed by atoms with Crippen LogP contribution in [0.5, 0.6) is 17.2 Å². The van der Waals surface area contributed by atoms with Crippen LogP contribution in [0.3, 0.4) is 0 Å². The number of carbonyl (C=O) groups is 1. The summed E-state index contributed by atoms with van der Waals surface area (Å²) in [5.41, 5.74) is 5.02. The van der Waals surface area contributed by atoms with Gasteiger partial charge in [-0.15, -0.1) is 0 Å². The van der Waals surface area contributed by atoms with Gasteiger partial charge in [0.15, 0.2) is 11.5 Å². The zero-order chi connectivity index (χ0) is 25.2. The lowest BCUT2D eigenvalue weighted by Crippen LogP contribution is -2.31. The number of hydrogen-bond acceptors (Lipinski definition) is 5. The molecular weight excluding hydrogens is 478 g/mol. The lowest BCUT2D eigenvalue weighted by atomic mass is 9.96. The summed E-state index contributed by atoms with van der Waals surface area (Å²) in [6, 6.07) is 20.8. The minimum atomic E-state index is -0.303. The SMILES string of the molecule is COc1ccc(C2c3c(-c4ccc(Cl)cc4)n[nH]c3C(=O)N2CCc2ccc(OC)c(OC)c2)cc1. The maximum absolute atomic E-state index is 13.6.